The van der Waals surface area contributed by atoms with E-state index in [4.69, 9.17) is 14.3 Å². The van der Waals surface area contributed by atoms with Gasteiger partial charge in [0, 0.05) is 86.0 Å². The number of aromatic hydroxyl groups is 2. The van der Waals surface area contributed by atoms with Gasteiger partial charge in [-0.05, 0) is 42.8 Å². The van der Waals surface area contributed by atoms with Crippen LogP contribution in [0.4, 0.5) is 0 Å². The average Bonchev–Trinajstić information content (AvgIpc) is 3.64. The molecule has 1 unspecified atom stereocenters. The first-order chi connectivity index (χ1) is 27.5. The number of fused-ring (bicyclic) bond motifs is 6. The lowest BCUT2D eigenvalue weighted by Gasteiger charge is -2.36. The normalized spacial score (nSPS) is 16.1. The SMILES string of the molecule is C[N+](CCCNC(=O)CCCC(=O)ON1C(=O)CCC1=O)(CCCNC(=O)c1ccc2c(c1)C(=O)OC21c2ccc(O)cc2Oc2cc(O)ccc21)CCS(=O)(=O)O. The number of nitrogens with one attached hydrogen (secondary N) is 2. The Labute approximate surface area is 333 Å². The third-order valence-electron chi connectivity index (χ3n) is 10.3. The monoisotopic (exact) mass is 823 g/mol. The van der Waals surface area contributed by atoms with Gasteiger partial charge in [-0.1, -0.05) is 6.07 Å². The fourth-order valence-electron chi connectivity index (χ4n) is 7.26. The van der Waals surface area contributed by atoms with Crippen molar-refractivity contribution < 1.29 is 70.7 Å². The van der Waals surface area contributed by atoms with Gasteiger partial charge in [-0.3, -0.25) is 23.7 Å². The first-order valence-electron chi connectivity index (χ1n) is 18.6. The number of carbonyl (C=O) groups is 6. The van der Waals surface area contributed by atoms with Gasteiger partial charge in [0.1, 0.15) is 28.8 Å². The Morgan fingerprint density at radius 3 is 2.00 bits per heavy atom. The van der Waals surface area contributed by atoms with Crippen molar-refractivity contribution >= 4 is 45.7 Å². The molecule has 0 aliphatic carbocycles. The van der Waals surface area contributed by atoms with Crippen molar-refractivity contribution in [3.05, 3.63) is 82.4 Å². The molecule has 3 aromatic rings. The number of nitrogens with zero attached hydrogens (tertiary/aromatic N) is 2. The molecule has 1 fully saturated rings. The highest BCUT2D eigenvalue weighted by atomic mass is 32.2. The maximum atomic E-state index is 13.4. The minimum atomic E-state index is -4.27. The largest absolute Gasteiger partial charge is 0.508 e. The van der Waals surface area contributed by atoms with Crippen LogP contribution in [0.2, 0.25) is 0 Å². The van der Waals surface area contributed by atoms with Gasteiger partial charge >= 0.3 is 11.9 Å². The van der Waals surface area contributed by atoms with Crippen LogP contribution in [0.25, 0.3) is 0 Å². The number of benzene rings is 3. The van der Waals surface area contributed by atoms with Gasteiger partial charge in [0.05, 0.1) is 32.2 Å². The molecule has 3 aromatic carbocycles. The number of amides is 4. The minimum absolute atomic E-state index is 0.00843. The Balaban J connectivity index is 1.01. The van der Waals surface area contributed by atoms with E-state index in [1.54, 1.807) is 31.3 Å². The summed E-state index contributed by atoms with van der Waals surface area (Å²) in [5.74, 6) is -3.71. The van der Waals surface area contributed by atoms with Gasteiger partial charge in [0.25, 0.3) is 27.8 Å². The summed E-state index contributed by atoms with van der Waals surface area (Å²) in [6, 6.07) is 13.4. The van der Waals surface area contributed by atoms with Gasteiger partial charge in [-0.25, -0.2) is 9.59 Å². The third-order valence-corrected chi connectivity index (χ3v) is 11.0. The summed E-state index contributed by atoms with van der Waals surface area (Å²) in [6.45, 7) is 1.32. The van der Waals surface area contributed by atoms with E-state index in [1.165, 1.54) is 30.3 Å². The predicted octanol–water partition coefficient (Wildman–Crippen LogP) is 2.40. The Hall–Kier alpha value is -6.05. The van der Waals surface area contributed by atoms with Crippen LogP contribution in [0.3, 0.4) is 0 Å². The topological polar surface area (TPSA) is 252 Å². The number of phenols is 2. The molecule has 1 atom stereocenters. The smallest absolute Gasteiger partial charge is 0.340 e. The molecule has 58 heavy (non-hydrogen) atoms. The van der Waals surface area contributed by atoms with E-state index in [1.807, 2.05) is 0 Å². The van der Waals surface area contributed by atoms with Crippen molar-refractivity contribution in [1.82, 2.24) is 15.7 Å². The number of imide groups is 1. The van der Waals surface area contributed by atoms with E-state index in [-0.39, 0.29) is 96.3 Å². The zero-order valence-corrected chi connectivity index (χ0v) is 32.3. The van der Waals surface area contributed by atoms with Crippen LogP contribution in [0.15, 0.2) is 54.6 Å². The molecule has 3 aliphatic rings. The molecular formula is C39H43N4O14S+. The number of phenolic OH excluding ortho intramolecular Hbond substituents is 2. The molecule has 0 aromatic heterocycles. The Bertz CT molecular complexity index is 2210. The molecular weight excluding hydrogens is 781 g/mol. The van der Waals surface area contributed by atoms with E-state index < -0.39 is 51.1 Å². The number of hydrogen-bond donors (Lipinski definition) is 5. The lowest BCUT2D eigenvalue weighted by atomic mass is 9.77. The van der Waals surface area contributed by atoms with Crippen LogP contribution in [-0.4, -0.2) is 114 Å². The molecule has 1 saturated heterocycles. The first-order valence-corrected chi connectivity index (χ1v) is 20.2. The van der Waals surface area contributed by atoms with Crippen molar-refractivity contribution in [2.75, 3.05) is 45.5 Å². The van der Waals surface area contributed by atoms with E-state index in [2.05, 4.69) is 10.6 Å². The third kappa shape index (κ3) is 9.22. The van der Waals surface area contributed by atoms with Crippen molar-refractivity contribution in [1.29, 1.82) is 0 Å². The molecule has 19 heteroatoms. The van der Waals surface area contributed by atoms with Crippen LogP contribution in [0.5, 0.6) is 23.0 Å². The van der Waals surface area contributed by atoms with Crippen LogP contribution in [0, 0.1) is 0 Å². The number of esters is 1. The maximum absolute atomic E-state index is 13.4. The molecule has 0 radical (unpaired) electrons. The number of hydroxylamine groups is 2. The summed E-state index contributed by atoms with van der Waals surface area (Å²) in [6.07, 6.45) is 0.748. The van der Waals surface area contributed by atoms with Crippen molar-refractivity contribution in [2.24, 2.45) is 0 Å². The quantitative estimate of drug-likeness (QED) is 0.0431. The van der Waals surface area contributed by atoms with Gasteiger partial charge in [-0.15, -0.1) is 5.06 Å². The molecule has 1 spiro atoms. The number of rotatable bonds is 17. The zero-order valence-electron chi connectivity index (χ0n) is 31.5. The van der Waals surface area contributed by atoms with Gasteiger partial charge in [0.15, 0.2) is 5.60 Å². The fourth-order valence-corrected chi connectivity index (χ4v) is 7.93. The van der Waals surface area contributed by atoms with Crippen LogP contribution in [-0.2, 0) is 44.5 Å². The Kier molecular flexibility index (Phi) is 12.1. The lowest BCUT2D eigenvalue weighted by Crippen LogP contribution is -2.49. The van der Waals surface area contributed by atoms with Gasteiger partial charge in [-0.2, -0.15) is 8.42 Å². The molecule has 308 valence electrons. The first kappa shape index (κ1) is 41.6. The number of quaternary nitrogens is 1. The summed E-state index contributed by atoms with van der Waals surface area (Å²) in [5.41, 5.74) is 0.175. The van der Waals surface area contributed by atoms with Crippen molar-refractivity contribution in [3.63, 3.8) is 0 Å². The Morgan fingerprint density at radius 1 is 0.810 bits per heavy atom. The summed E-state index contributed by atoms with van der Waals surface area (Å²) >= 11 is 0. The molecule has 4 amide bonds. The highest BCUT2D eigenvalue weighted by Gasteiger charge is 2.54. The lowest BCUT2D eigenvalue weighted by molar-refractivity contribution is -0.907. The highest BCUT2D eigenvalue weighted by Crippen LogP contribution is 2.57. The second-order valence-electron chi connectivity index (χ2n) is 14.6. The molecule has 18 nitrogen and oxygen atoms in total. The molecule has 0 bridgehead atoms. The van der Waals surface area contributed by atoms with E-state index >= 15 is 0 Å². The second kappa shape index (κ2) is 16.8. The molecule has 3 heterocycles. The zero-order chi connectivity index (χ0) is 41.8. The van der Waals surface area contributed by atoms with Crippen molar-refractivity contribution in [2.45, 2.75) is 50.5 Å². The highest BCUT2D eigenvalue weighted by molar-refractivity contribution is 7.85. The van der Waals surface area contributed by atoms with Gasteiger partial charge in [0.2, 0.25) is 5.91 Å². The van der Waals surface area contributed by atoms with Gasteiger partial charge < -0.3 is 39.6 Å². The van der Waals surface area contributed by atoms with E-state index in [0.717, 1.165) is 0 Å². The standard InChI is InChI=1S/C39H42N4O14S/c1-43(19-20-58(52,53)54,17-3-15-40-33(46)5-2-6-36(49)57-42-34(47)13-14-35(42)48)18-4-16-41-37(50)24-7-10-28-27(21-24)38(51)56-39(28)29-11-8-25(44)22-31(29)55-32-23-26(45)9-12-30(32)39/h7-12,21-23H,2-6,13-20H2,1H3,(H4-,40,41,44,45,46,50,52,53,54)/p+1. The van der Waals surface area contributed by atoms with Crippen LogP contribution in [0.1, 0.15) is 82.4 Å². The fraction of sp³-hybridized carbons (Fsp3) is 0.385. The number of carbonyl (C=O) groups excluding carboxylic acids is 6. The molecule has 6 rings (SSSR count). The van der Waals surface area contributed by atoms with E-state index in [0.29, 0.717) is 47.7 Å². The average molecular weight is 824 g/mol. The second-order valence-corrected chi connectivity index (χ2v) is 16.2. The number of hydrogen-bond acceptors (Lipinski definition) is 13. The molecule has 3 aliphatic heterocycles. The summed E-state index contributed by atoms with van der Waals surface area (Å²) < 4.78 is 44.9. The number of ether oxygens (including phenoxy) is 2. The van der Waals surface area contributed by atoms with Crippen molar-refractivity contribution in [3.8, 4) is 23.0 Å². The summed E-state index contributed by atoms with van der Waals surface area (Å²) in [4.78, 5) is 79.0. The minimum Gasteiger partial charge on any atom is -0.508 e. The summed E-state index contributed by atoms with van der Waals surface area (Å²) in [5, 5.41) is 26.3. The predicted molar refractivity (Wildman–Crippen MR) is 201 cm³/mol. The van der Waals surface area contributed by atoms with Crippen LogP contribution >= 0.6 is 0 Å². The maximum Gasteiger partial charge on any atom is 0.340 e. The summed E-state index contributed by atoms with van der Waals surface area (Å²) in [7, 11) is -2.47. The van der Waals surface area contributed by atoms with E-state index in [9.17, 15) is 52.0 Å². The van der Waals surface area contributed by atoms with Crippen LogP contribution < -0.4 is 15.4 Å². The Morgan fingerprint density at radius 2 is 1.40 bits per heavy atom. The molecule has 5 N–H and O–H groups in total. The molecule has 0 saturated carbocycles.